The van der Waals surface area contributed by atoms with Crippen LogP contribution < -0.4 is 0 Å². The van der Waals surface area contributed by atoms with Crippen molar-refractivity contribution in [2.75, 3.05) is 26.9 Å². The van der Waals surface area contributed by atoms with Crippen LogP contribution in [0.4, 0.5) is 0 Å². The third-order valence-corrected chi connectivity index (χ3v) is 3.07. The number of methoxy groups -OCH3 is 1. The van der Waals surface area contributed by atoms with Gasteiger partial charge in [0.05, 0.1) is 13.2 Å². The topological polar surface area (TPSA) is 35.5 Å². The Balaban J connectivity index is 2.12. The van der Waals surface area contributed by atoms with Crippen molar-refractivity contribution >= 4 is 21.7 Å². The van der Waals surface area contributed by atoms with Crippen molar-refractivity contribution in [2.24, 2.45) is 0 Å². The maximum absolute atomic E-state index is 11.8. The molecule has 0 saturated heterocycles. The van der Waals surface area contributed by atoms with Gasteiger partial charge in [0.2, 0.25) is 0 Å². The van der Waals surface area contributed by atoms with Gasteiger partial charge in [0, 0.05) is 30.2 Å². The lowest BCUT2D eigenvalue weighted by Crippen LogP contribution is -2.04. The zero-order chi connectivity index (χ0) is 13.2. The van der Waals surface area contributed by atoms with Crippen LogP contribution in [-0.2, 0) is 9.47 Å². The Bertz CT molecular complexity index is 349. The number of halogens is 1. The Hall–Kier alpha value is -0.710. The van der Waals surface area contributed by atoms with Gasteiger partial charge in [-0.3, -0.25) is 4.79 Å². The molecule has 0 fully saturated rings. The molecule has 1 aromatic rings. The summed E-state index contributed by atoms with van der Waals surface area (Å²) in [5, 5.41) is 0. The zero-order valence-electron chi connectivity index (χ0n) is 10.7. The molecule has 0 spiro atoms. The molecule has 0 unspecified atom stereocenters. The van der Waals surface area contributed by atoms with Gasteiger partial charge < -0.3 is 9.47 Å². The number of benzene rings is 1. The van der Waals surface area contributed by atoms with Gasteiger partial charge in [0.25, 0.3) is 0 Å². The number of carbonyl (C=O) groups excluding carboxylic acids is 1. The van der Waals surface area contributed by atoms with Gasteiger partial charge in [-0.15, -0.1) is 0 Å². The first-order valence-corrected chi connectivity index (χ1v) is 6.89. The first-order chi connectivity index (χ1) is 8.74. The minimum atomic E-state index is 0.194. The van der Waals surface area contributed by atoms with Gasteiger partial charge in [0.15, 0.2) is 5.78 Å². The van der Waals surface area contributed by atoms with Gasteiger partial charge in [-0.05, 0) is 25.0 Å². The molecule has 0 bridgehead atoms. The van der Waals surface area contributed by atoms with Crippen LogP contribution in [0.1, 0.15) is 29.6 Å². The van der Waals surface area contributed by atoms with E-state index in [4.69, 9.17) is 9.47 Å². The van der Waals surface area contributed by atoms with E-state index in [1.807, 2.05) is 24.3 Å². The molecule has 100 valence electrons. The van der Waals surface area contributed by atoms with Crippen LogP contribution in [0.2, 0.25) is 0 Å². The summed E-state index contributed by atoms with van der Waals surface area (Å²) < 4.78 is 11.2. The summed E-state index contributed by atoms with van der Waals surface area (Å²) in [4.78, 5) is 11.8. The molecular weight excluding hydrogens is 296 g/mol. The van der Waals surface area contributed by atoms with E-state index >= 15 is 0 Å². The third kappa shape index (κ3) is 6.28. The molecule has 0 aliphatic carbocycles. The minimum Gasteiger partial charge on any atom is -0.382 e. The number of hydrogen-bond acceptors (Lipinski definition) is 3. The number of hydrogen-bond donors (Lipinski definition) is 0. The van der Waals surface area contributed by atoms with Crippen molar-refractivity contribution < 1.29 is 14.3 Å². The highest BCUT2D eigenvalue weighted by atomic mass is 79.9. The van der Waals surface area contributed by atoms with Crippen molar-refractivity contribution in [2.45, 2.75) is 19.3 Å². The van der Waals surface area contributed by atoms with Crippen LogP contribution in [-0.4, -0.2) is 32.7 Å². The fourth-order valence-electron chi connectivity index (χ4n) is 1.51. The largest absolute Gasteiger partial charge is 0.382 e. The van der Waals surface area contributed by atoms with Gasteiger partial charge in [0.1, 0.15) is 0 Å². The Morgan fingerprint density at radius 2 is 1.83 bits per heavy atom. The van der Waals surface area contributed by atoms with Gasteiger partial charge in [-0.2, -0.15) is 0 Å². The lowest BCUT2D eigenvalue weighted by atomic mass is 10.1. The first kappa shape index (κ1) is 15.3. The zero-order valence-corrected chi connectivity index (χ0v) is 12.2. The first-order valence-electron chi connectivity index (χ1n) is 6.09. The molecule has 4 heteroatoms. The Labute approximate surface area is 117 Å². The number of ether oxygens (including phenoxy) is 2. The molecule has 0 amide bonds. The summed E-state index contributed by atoms with van der Waals surface area (Å²) in [7, 11) is 1.65. The number of Topliss-reactive ketones (excluding diaryl/α,β-unsaturated/α-hetero) is 1. The van der Waals surface area contributed by atoms with Crippen LogP contribution in [0.25, 0.3) is 0 Å². The summed E-state index contributed by atoms with van der Waals surface area (Å²) in [6, 6.07) is 7.48. The molecule has 0 radical (unpaired) electrons. The molecule has 0 aliphatic rings. The molecule has 0 saturated carbocycles. The van der Waals surface area contributed by atoms with Gasteiger partial charge in [-0.1, -0.05) is 28.1 Å². The monoisotopic (exact) mass is 314 g/mol. The second-order valence-electron chi connectivity index (χ2n) is 3.99. The van der Waals surface area contributed by atoms with Crippen molar-refractivity contribution in [1.29, 1.82) is 0 Å². The lowest BCUT2D eigenvalue weighted by molar-refractivity contribution is 0.0681. The van der Waals surface area contributed by atoms with Crippen LogP contribution in [0.3, 0.4) is 0 Å². The third-order valence-electron chi connectivity index (χ3n) is 2.54. The molecule has 1 rings (SSSR count). The standard InChI is InChI=1S/C14H19BrO3/c1-17-10-11-18-9-3-2-4-14(16)12-5-7-13(15)8-6-12/h5-8H,2-4,9-11H2,1H3. The Kier molecular flexibility index (Phi) is 7.89. The van der Waals surface area contributed by atoms with Crippen molar-refractivity contribution in [3.05, 3.63) is 34.3 Å². The van der Waals surface area contributed by atoms with E-state index in [9.17, 15) is 4.79 Å². The second-order valence-corrected chi connectivity index (χ2v) is 4.91. The SMILES string of the molecule is COCCOCCCCC(=O)c1ccc(Br)cc1. The molecule has 0 N–H and O–H groups in total. The molecular formula is C14H19BrO3. The maximum Gasteiger partial charge on any atom is 0.162 e. The summed E-state index contributed by atoms with van der Waals surface area (Å²) in [5.41, 5.74) is 0.776. The summed E-state index contributed by atoms with van der Waals surface area (Å²) in [6.45, 7) is 1.94. The van der Waals surface area contributed by atoms with Crippen molar-refractivity contribution in [3.8, 4) is 0 Å². The average Bonchev–Trinajstić information content (AvgIpc) is 2.38. The fourth-order valence-corrected chi connectivity index (χ4v) is 1.78. The number of rotatable bonds is 9. The highest BCUT2D eigenvalue weighted by Crippen LogP contribution is 2.13. The molecule has 18 heavy (non-hydrogen) atoms. The van der Waals surface area contributed by atoms with Crippen LogP contribution in [0, 0.1) is 0 Å². The predicted molar refractivity (Wildman–Crippen MR) is 75.0 cm³/mol. The Morgan fingerprint density at radius 3 is 2.50 bits per heavy atom. The molecule has 0 aromatic heterocycles. The second kappa shape index (κ2) is 9.25. The van der Waals surface area contributed by atoms with Crippen molar-refractivity contribution in [1.82, 2.24) is 0 Å². The summed E-state index contributed by atoms with van der Waals surface area (Å²) in [5.74, 6) is 0.194. The normalized spacial score (nSPS) is 10.6. The summed E-state index contributed by atoms with van der Waals surface area (Å²) >= 11 is 3.35. The Morgan fingerprint density at radius 1 is 1.11 bits per heavy atom. The van der Waals surface area contributed by atoms with Gasteiger partial charge in [-0.25, -0.2) is 0 Å². The van der Waals surface area contributed by atoms with Gasteiger partial charge >= 0.3 is 0 Å². The fraction of sp³-hybridized carbons (Fsp3) is 0.500. The smallest absolute Gasteiger partial charge is 0.162 e. The average molecular weight is 315 g/mol. The lowest BCUT2D eigenvalue weighted by Gasteiger charge is -2.03. The van der Waals surface area contributed by atoms with E-state index in [0.717, 1.165) is 22.9 Å². The van der Waals surface area contributed by atoms with Crippen LogP contribution in [0.5, 0.6) is 0 Å². The highest BCUT2D eigenvalue weighted by molar-refractivity contribution is 9.10. The van der Waals surface area contributed by atoms with E-state index in [-0.39, 0.29) is 5.78 Å². The molecule has 3 nitrogen and oxygen atoms in total. The minimum absolute atomic E-state index is 0.194. The van der Waals surface area contributed by atoms with Crippen molar-refractivity contribution in [3.63, 3.8) is 0 Å². The quantitative estimate of drug-likeness (QED) is 0.517. The van der Waals surface area contributed by atoms with Crippen LogP contribution in [0.15, 0.2) is 28.7 Å². The number of carbonyl (C=O) groups is 1. The summed E-state index contributed by atoms with van der Waals surface area (Å²) in [6.07, 6.45) is 2.35. The molecule has 0 heterocycles. The van der Waals surface area contributed by atoms with E-state index in [0.29, 0.717) is 26.2 Å². The maximum atomic E-state index is 11.8. The highest BCUT2D eigenvalue weighted by Gasteiger charge is 2.04. The number of ketones is 1. The van der Waals surface area contributed by atoms with Crippen LogP contribution >= 0.6 is 15.9 Å². The number of unbranched alkanes of at least 4 members (excludes halogenated alkanes) is 1. The molecule has 0 atom stereocenters. The van der Waals surface area contributed by atoms with E-state index in [2.05, 4.69) is 15.9 Å². The predicted octanol–water partition coefficient (Wildman–Crippen LogP) is 3.47. The van der Waals surface area contributed by atoms with E-state index in [1.165, 1.54) is 0 Å². The van der Waals surface area contributed by atoms with E-state index < -0.39 is 0 Å². The van der Waals surface area contributed by atoms with E-state index in [1.54, 1.807) is 7.11 Å². The molecule has 1 aromatic carbocycles. The molecule has 0 aliphatic heterocycles.